The third kappa shape index (κ3) is 1.80. The van der Waals surface area contributed by atoms with E-state index in [-0.39, 0.29) is 0 Å². The molecular formula is C12H10BrN5O2. The molecule has 1 N–H and O–H groups in total. The summed E-state index contributed by atoms with van der Waals surface area (Å²) < 4.78 is 3.09. The van der Waals surface area contributed by atoms with E-state index in [2.05, 4.69) is 30.9 Å². The summed E-state index contributed by atoms with van der Waals surface area (Å²) in [7, 11) is 3.01. The minimum atomic E-state index is -0.408. The summed E-state index contributed by atoms with van der Waals surface area (Å²) in [5.41, 5.74) is 0.559. The average Bonchev–Trinajstić information content (AvgIpc) is 2.89. The SMILES string of the molecule is Cn1c(=O)c2[nH]c(-c3ccc(Br)nc3)nc2n(C)c1=O. The molecule has 0 aliphatic heterocycles. The molecule has 0 radical (unpaired) electrons. The van der Waals surface area contributed by atoms with Crippen LogP contribution in [0, 0.1) is 0 Å². The normalized spacial score (nSPS) is 11.2. The number of fused-ring (bicyclic) bond motifs is 1. The molecule has 0 saturated carbocycles. The van der Waals surface area contributed by atoms with Gasteiger partial charge in [0, 0.05) is 25.9 Å². The summed E-state index contributed by atoms with van der Waals surface area (Å²) in [6.07, 6.45) is 1.63. The lowest BCUT2D eigenvalue weighted by Gasteiger charge is -2.00. The average molecular weight is 336 g/mol. The van der Waals surface area contributed by atoms with E-state index in [1.165, 1.54) is 11.6 Å². The molecule has 0 aromatic carbocycles. The minimum Gasteiger partial charge on any atom is -0.332 e. The van der Waals surface area contributed by atoms with E-state index in [1.807, 2.05) is 6.07 Å². The van der Waals surface area contributed by atoms with Crippen molar-refractivity contribution >= 4 is 27.1 Å². The van der Waals surface area contributed by atoms with Crippen molar-refractivity contribution in [2.24, 2.45) is 14.1 Å². The predicted molar refractivity (Wildman–Crippen MR) is 77.5 cm³/mol. The third-order valence-corrected chi connectivity index (χ3v) is 3.56. The lowest BCUT2D eigenvalue weighted by atomic mass is 10.3. The van der Waals surface area contributed by atoms with E-state index >= 15 is 0 Å². The van der Waals surface area contributed by atoms with Crippen LogP contribution < -0.4 is 11.2 Å². The summed E-state index contributed by atoms with van der Waals surface area (Å²) >= 11 is 3.25. The standard InChI is InChI=1S/C12H10BrN5O2/c1-17-10-8(11(19)18(2)12(17)20)15-9(16-10)6-3-4-7(13)14-5-6/h3-5H,1-2H3,(H,15,16). The Balaban J connectivity index is 2.34. The van der Waals surface area contributed by atoms with Gasteiger partial charge in [0.2, 0.25) is 0 Å². The van der Waals surface area contributed by atoms with E-state index in [0.717, 1.165) is 10.1 Å². The Hall–Kier alpha value is -2.22. The molecule has 3 aromatic rings. The highest BCUT2D eigenvalue weighted by atomic mass is 79.9. The number of rotatable bonds is 1. The van der Waals surface area contributed by atoms with Crippen molar-refractivity contribution in [1.82, 2.24) is 24.1 Å². The minimum absolute atomic E-state index is 0.299. The molecule has 20 heavy (non-hydrogen) atoms. The Morgan fingerprint density at radius 2 is 1.95 bits per heavy atom. The molecule has 7 nitrogen and oxygen atoms in total. The van der Waals surface area contributed by atoms with Gasteiger partial charge in [0.25, 0.3) is 5.56 Å². The van der Waals surface area contributed by atoms with Gasteiger partial charge >= 0.3 is 5.69 Å². The van der Waals surface area contributed by atoms with E-state index < -0.39 is 11.2 Å². The molecule has 8 heteroatoms. The van der Waals surface area contributed by atoms with Crippen molar-refractivity contribution in [3.63, 3.8) is 0 Å². The molecular weight excluding hydrogens is 326 g/mol. The molecule has 102 valence electrons. The van der Waals surface area contributed by atoms with Gasteiger partial charge in [0.15, 0.2) is 5.65 Å². The van der Waals surface area contributed by atoms with Gasteiger partial charge in [-0.2, -0.15) is 0 Å². The number of pyridine rings is 1. The van der Waals surface area contributed by atoms with Crippen LogP contribution >= 0.6 is 15.9 Å². The van der Waals surface area contributed by atoms with E-state index in [9.17, 15) is 9.59 Å². The van der Waals surface area contributed by atoms with Crippen LogP contribution in [-0.4, -0.2) is 24.1 Å². The van der Waals surface area contributed by atoms with Crippen LogP contribution in [0.2, 0.25) is 0 Å². The molecule has 0 fully saturated rings. The van der Waals surface area contributed by atoms with Crippen LogP contribution in [0.3, 0.4) is 0 Å². The molecule has 0 saturated heterocycles. The Labute approximate surface area is 121 Å². The molecule has 0 unspecified atom stereocenters. The first-order chi connectivity index (χ1) is 9.49. The Bertz CT molecular complexity index is 920. The lowest BCUT2D eigenvalue weighted by molar-refractivity contribution is 0.709. The summed E-state index contributed by atoms with van der Waals surface area (Å²) in [5.74, 6) is 0.498. The second-order valence-electron chi connectivity index (χ2n) is 4.36. The fraction of sp³-hybridized carbons (Fsp3) is 0.167. The van der Waals surface area contributed by atoms with Crippen molar-refractivity contribution < 1.29 is 0 Å². The van der Waals surface area contributed by atoms with Gasteiger partial charge in [-0.1, -0.05) is 0 Å². The summed E-state index contributed by atoms with van der Waals surface area (Å²) in [5, 5.41) is 0. The molecule has 0 spiro atoms. The fourth-order valence-corrected chi connectivity index (χ4v) is 2.21. The predicted octanol–water partition coefficient (Wildman–Crippen LogP) is 0.785. The van der Waals surface area contributed by atoms with Crippen LogP contribution in [0.5, 0.6) is 0 Å². The van der Waals surface area contributed by atoms with Gasteiger partial charge < -0.3 is 4.98 Å². The largest absolute Gasteiger partial charge is 0.332 e. The molecule has 0 aliphatic rings. The van der Waals surface area contributed by atoms with Crippen molar-refractivity contribution in [2.45, 2.75) is 0 Å². The van der Waals surface area contributed by atoms with Gasteiger partial charge in [-0.05, 0) is 28.1 Å². The van der Waals surface area contributed by atoms with Crippen molar-refractivity contribution in [3.05, 3.63) is 43.8 Å². The molecule has 3 rings (SSSR count). The second kappa shape index (κ2) is 4.41. The summed E-state index contributed by atoms with van der Waals surface area (Å²) in [6.45, 7) is 0. The maximum absolute atomic E-state index is 12.1. The summed E-state index contributed by atoms with van der Waals surface area (Å²) in [4.78, 5) is 35.3. The Morgan fingerprint density at radius 1 is 1.20 bits per heavy atom. The van der Waals surface area contributed by atoms with Crippen LogP contribution in [0.15, 0.2) is 32.5 Å². The van der Waals surface area contributed by atoms with Gasteiger partial charge in [0.1, 0.15) is 15.9 Å². The molecule has 0 atom stereocenters. The maximum atomic E-state index is 12.1. The number of aryl methyl sites for hydroxylation is 1. The quantitative estimate of drug-likeness (QED) is 0.666. The number of hydrogen-bond donors (Lipinski definition) is 1. The van der Waals surface area contributed by atoms with Crippen LogP contribution in [0.25, 0.3) is 22.6 Å². The zero-order valence-electron chi connectivity index (χ0n) is 10.7. The highest BCUT2D eigenvalue weighted by Crippen LogP contribution is 2.18. The number of nitrogens with one attached hydrogen (secondary N) is 1. The first kappa shape index (κ1) is 12.8. The molecule has 0 bridgehead atoms. The number of aromatic nitrogens is 5. The fourth-order valence-electron chi connectivity index (χ4n) is 1.98. The van der Waals surface area contributed by atoms with Gasteiger partial charge in [0.05, 0.1) is 0 Å². The maximum Gasteiger partial charge on any atom is 0.332 e. The van der Waals surface area contributed by atoms with Gasteiger partial charge in [-0.15, -0.1) is 0 Å². The molecule has 3 aromatic heterocycles. The highest BCUT2D eigenvalue weighted by molar-refractivity contribution is 9.10. The Kier molecular flexibility index (Phi) is 2.82. The molecule has 0 amide bonds. The molecule has 3 heterocycles. The lowest BCUT2D eigenvalue weighted by Crippen LogP contribution is -2.36. The number of imidazole rings is 1. The topological polar surface area (TPSA) is 85.6 Å². The van der Waals surface area contributed by atoms with Gasteiger partial charge in [-0.3, -0.25) is 13.9 Å². The van der Waals surface area contributed by atoms with Crippen LogP contribution in [-0.2, 0) is 14.1 Å². The number of aromatic amines is 1. The van der Waals surface area contributed by atoms with Crippen LogP contribution in [0.4, 0.5) is 0 Å². The first-order valence-electron chi connectivity index (χ1n) is 5.76. The van der Waals surface area contributed by atoms with Crippen LogP contribution in [0.1, 0.15) is 0 Å². The first-order valence-corrected chi connectivity index (χ1v) is 6.56. The molecule has 0 aliphatic carbocycles. The van der Waals surface area contributed by atoms with Crippen molar-refractivity contribution in [1.29, 1.82) is 0 Å². The number of hydrogen-bond acceptors (Lipinski definition) is 4. The van der Waals surface area contributed by atoms with Gasteiger partial charge in [-0.25, -0.2) is 14.8 Å². The third-order valence-electron chi connectivity index (χ3n) is 3.10. The number of nitrogens with zero attached hydrogens (tertiary/aromatic N) is 4. The number of halogens is 1. The summed E-state index contributed by atoms with van der Waals surface area (Å²) in [6, 6.07) is 3.59. The van der Waals surface area contributed by atoms with E-state index in [1.54, 1.807) is 19.3 Å². The monoisotopic (exact) mass is 335 g/mol. The Morgan fingerprint density at radius 3 is 2.60 bits per heavy atom. The van der Waals surface area contributed by atoms with E-state index in [0.29, 0.717) is 21.6 Å². The van der Waals surface area contributed by atoms with E-state index in [4.69, 9.17) is 0 Å². The zero-order valence-corrected chi connectivity index (χ0v) is 12.3. The van der Waals surface area contributed by atoms with Crippen molar-refractivity contribution in [3.8, 4) is 11.4 Å². The zero-order chi connectivity index (χ0) is 14.4. The smallest absolute Gasteiger partial charge is 0.332 e. The number of H-pyrrole nitrogens is 1. The van der Waals surface area contributed by atoms with Crippen molar-refractivity contribution in [2.75, 3.05) is 0 Å². The second-order valence-corrected chi connectivity index (χ2v) is 5.17. The highest BCUT2D eigenvalue weighted by Gasteiger charge is 2.14.